The van der Waals surface area contributed by atoms with Gasteiger partial charge in [0.05, 0.1) is 17.0 Å². The van der Waals surface area contributed by atoms with E-state index in [0.29, 0.717) is 11.8 Å². The fourth-order valence-electron chi connectivity index (χ4n) is 5.26. The van der Waals surface area contributed by atoms with Crippen molar-refractivity contribution in [2.45, 2.75) is 83.5 Å². The second-order valence-electron chi connectivity index (χ2n) is 10.8. The maximum atomic E-state index is 6.59. The molecule has 0 spiro atoms. The van der Waals surface area contributed by atoms with Crippen molar-refractivity contribution in [1.82, 2.24) is 0 Å². The third kappa shape index (κ3) is 6.60. The van der Waals surface area contributed by atoms with Crippen molar-refractivity contribution in [2.75, 3.05) is 23.7 Å². The van der Waals surface area contributed by atoms with Gasteiger partial charge in [-0.3, -0.25) is 0 Å². The summed E-state index contributed by atoms with van der Waals surface area (Å²) in [6, 6.07) is 17.7. The number of benzene rings is 2. The fourth-order valence-corrected chi connectivity index (χ4v) is 7.00. The number of anilines is 2. The van der Waals surface area contributed by atoms with Gasteiger partial charge in [-0.05, 0) is 94.3 Å². The first-order valence-corrected chi connectivity index (χ1v) is 15.4. The van der Waals surface area contributed by atoms with Crippen LogP contribution in [0.15, 0.2) is 48.5 Å². The molecule has 0 radical (unpaired) electrons. The van der Waals surface area contributed by atoms with Crippen molar-refractivity contribution < 1.29 is 4.43 Å². The Hall–Kier alpha value is -1.78. The summed E-state index contributed by atoms with van der Waals surface area (Å²) in [7, 11) is -1.58. The zero-order chi connectivity index (χ0) is 22.6. The highest BCUT2D eigenvalue weighted by molar-refractivity contribution is 6.69. The second kappa shape index (κ2) is 9.79. The monoisotopic (exact) mass is 438 g/mol. The number of rotatable bonds is 8. The molecule has 2 N–H and O–H groups in total. The molecule has 0 saturated carbocycles. The molecule has 1 saturated heterocycles. The zero-order valence-electron chi connectivity index (χ0n) is 20.4. The fraction of sp³-hybridized carbons (Fsp3) is 0.556. The van der Waals surface area contributed by atoms with E-state index in [2.05, 4.69) is 93.8 Å². The lowest BCUT2D eigenvalue weighted by molar-refractivity contribution is 0.0821. The molecule has 1 heterocycles. The third-order valence-corrected chi connectivity index (χ3v) is 7.61. The summed E-state index contributed by atoms with van der Waals surface area (Å²) >= 11 is 0. The van der Waals surface area contributed by atoms with Gasteiger partial charge in [-0.2, -0.15) is 0 Å². The first-order valence-electron chi connectivity index (χ1n) is 12.0. The number of piperidine rings is 1. The van der Waals surface area contributed by atoms with Crippen LogP contribution < -0.4 is 10.6 Å². The minimum Gasteiger partial charge on any atom is -0.413 e. The molecule has 0 aromatic heterocycles. The van der Waals surface area contributed by atoms with Crippen LogP contribution in [0.1, 0.15) is 69.4 Å². The van der Waals surface area contributed by atoms with Crippen molar-refractivity contribution in [3.05, 3.63) is 59.7 Å². The van der Waals surface area contributed by atoms with E-state index in [0.717, 1.165) is 31.6 Å². The van der Waals surface area contributed by atoms with Crippen LogP contribution >= 0.6 is 0 Å². The molecular weight excluding hydrogens is 396 g/mol. The summed E-state index contributed by atoms with van der Waals surface area (Å²) in [5.41, 5.74) is 11.4. The minimum atomic E-state index is -1.58. The molecule has 0 amide bonds. The standard InChI is InChI=1S/C27H42N2OSi/c1-7-21(20-27(2,3)30-31(4,5)6)24-13-14-26(25(28)19-24)29-17-15-23(16-18-29)22-11-9-8-10-12-22/h8-14,19,21,23H,7,15-18,20,28H2,1-6H3. The van der Waals surface area contributed by atoms with Crippen molar-refractivity contribution in [2.24, 2.45) is 0 Å². The molecule has 1 unspecified atom stereocenters. The van der Waals surface area contributed by atoms with Gasteiger partial charge in [0, 0.05) is 13.1 Å². The Labute approximate surface area is 191 Å². The quantitative estimate of drug-likeness (QED) is 0.351. The van der Waals surface area contributed by atoms with E-state index >= 15 is 0 Å². The highest BCUT2D eigenvalue weighted by atomic mass is 28.4. The predicted octanol–water partition coefficient (Wildman–Crippen LogP) is 7.17. The normalized spacial score (nSPS) is 17.0. The van der Waals surface area contributed by atoms with Gasteiger partial charge in [0.25, 0.3) is 0 Å². The average Bonchev–Trinajstić information content (AvgIpc) is 2.71. The van der Waals surface area contributed by atoms with Crippen molar-refractivity contribution in [3.8, 4) is 0 Å². The van der Waals surface area contributed by atoms with Gasteiger partial charge in [0.15, 0.2) is 8.32 Å². The molecule has 3 rings (SSSR count). The van der Waals surface area contributed by atoms with Crippen LogP contribution in [0.3, 0.4) is 0 Å². The van der Waals surface area contributed by atoms with Crippen LogP contribution in [-0.2, 0) is 4.43 Å². The highest BCUT2D eigenvalue weighted by Crippen LogP contribution is 2.37. The molecule has 2 aromatic rings. The van der Waals surface area contributed by atoms with Gasteiger partial charge in [0.1, 0.15) is 0 Å². The molecule has 4 heteroatoms. The van der Waals surface area contributed by atoms with Gasteiger partial charge >= 0.3 is 0 Å². The first-order chi connectivity index (χ1) is 14.6. The Bertz CT molecular complexity index is 836. The lowest BCUT2D eigenvalue weighted by Crippen LogP contribution is -2.39. The summed E-state index contributed by atoms with van der Waals surface area (Å²) in [4.78, 5) is 2.47. The van der Waals surface area contributed by atoms with Crippen molar-refractivity contribution in [1.29, 1.82) is 0 Å². The van der Waals surface area contributed by atoms with Gasteiger partial charge < -0.3 is 15.1 Å². The molecule has 0 aliphatic carbocycles. The lowest BCUT2D eigenvalue weighted by atomic mass is 9.85. The van der Waals surface area contributed by atoms with E-state index in [9.17, 15) is 0 Å². The second-order valence-corrected chi connectivity index (χ2v) is 15.2. The number of hydrogen-bond donors (Lipinski definition) is 1. The van der Waals surface area contributed by atoms with Crippen LogP contribution in [0.2, 0.25) is 19.6 Å². The summed E-state index contributed by atoms with van der Waals surface area (Å²) in [5, 5.41) is 0. The molecule has 3 nitrogen and oxygen atoms in total. The van der Waals surface area contributed by atoms with Gasteiger partial charge in [-0.1, -0.05) is 43.3 Å². The smallest absolute Gasteiger partial charge is 0.184 e. The largest absolute Gasteiger partial charge is 0.413 e. The topological polar surface area (TPSA) is 38.5 Å². The van der Waals surface area contributed by atoms with Crippen LogP contribution in [0.4, 0.5) is 11.4 Å². The molecular formula is C27H42N2OSi. The Morgan fingerprint density at radius 1 is 1.06 bits per heavy atom. The molecule has 0 bridgehead atoms. The zero-order valence-corrected chi connectivity index (χ0v) is 21.4. The SMILES string of the molecule is CCC(CC(C)(C)O[Si](C)(C)C)c1ccc(N2CCC(c3ccccc3)CC2)c(N)c1. The molecule has 1 aliphatic heterocycles. The first kappa shape index (κ1) is 23.9. The van der Waals surface area contributed by atoms with Crippen LogP contribution in [0.25, 0.3) is 0 Å². The molecule has 1 aliphatic rings. The molecule has 2 aromatic carbocycles. The van der Waals surface area contributed by atoms with Gasteiger partial charge in [-0.25, -0.2) is 0 Å². The molecule has 170 valence electrons. The Morgan fingerprint density at radius 3 is 2.26 bits per heavy atom. The Balaban J connectivity index is 1.67. The van der Waals surface area contributed by atoms with E-state index in [1.807, 2.05) is 0 Å². The van der Waals surface area contributed by atoms with Crippen molar-refractivity contribution in [3.63, 3.8) is 0 Å². The Kier molecular flexibility index (Phi) is 7.54. The predicted molar refractivity (Wildman–Crippen MR) is 138 cm³/mol. The van der Waals surface area contributed by atoms with E-state index in [-0.39, 0.29) is 5.60 Å². The summed E-state index contributed by atoms with van der Waals surface area (Å²) < 4.78 is 6.47. The lowest BCUT2D eigenvalue weighted by Gasteiger charge is -2.36. The Morgan fingerprint density at radius 2 is 1.71 bits per heavy atom. The van der Waals surface area contributed by atoms with Crippen LogP contribution in [0, 0.1) is 0 Å². The number of nitrogen functional groups attached to an aromatic ring is 1. The van der Waals surface area contributed by atoms with E-state index in [4.69, 9.17) is 10.2 Å². The highest BCUT2D eigenvalue weighted by Gasteiger charge is 2.30. The summed E-state index contributed by atoms with van der Waals surface area (Å²) in [5.74, 6) is 1.13. The van der Waals surface area contributed by atoms with E-state index in [1.165, 1.54) is 29.7 Å². The van der Waals surface area contributed by atoms with Crippen molar-refractivity contribution >= 4 is 19.7 Å². The molecule has 1 fully saturated rings. The average molecular weight is 439 g/mol. The number of nitrogens with two attached hydrogens (primary N) is 1. The summed E-state index contributed by atoms with van der Waals surface area (Å²) in [6.45, 7) is 15.7. The molecule has 1 atom stereocenters. The number of hydrogen-bond acceptors (Lipinski definition) is 3. The minimum absolute atomic E-state index is 0.113. The third-order valence-electron chi connectivity index (χ3n) is 6.44. The number of nitrogens with zero attached hydrogens (tertiary/aromatic N) is 1. The van der Waals surface area contributed by atoms with Gasteiger partial charge in [-0.15, -0.1) is 0 Å². The summed E-state index contributed by atoms with van der Waals surface area (Å²) in [6.07, 6.45) is 4.49. The van der Waals surface area contributed by atoms with Crippen LogP contribution in [-0.4, -0.2) is 27.0 Å². The van der Waals surface area contributed by atoms with E-state index in [1.54, 1.807) is 0 Å². The molecule has 31 heavy (non-hydrogen) atoms. The maximum absolute atomic E-state index is 6.59. The van der Waals surface area contributed by atoms with E-state index < -0.39 is 8.32 Å². The van der Waals surface area contributed by atoms with Crippen LogP contribution in [0.5, 0.6) is 0 Å². The van der Waals surface area contributed by atoms with Gasteiger partial charge in [0.2, 0.25) is 0 Å². The maximum Gasteiger partial charge on any atom is 0.184 e.